The van der Waals surface area contributed by atoms with Gasteiger partial charge < -0.3 is 0 Å². The number of fused-ring (bicyclic) bond motifs is 2. The van der Waals surface area contributed by atoms with E-state index in [1.165, 1.54) is 0 Å². The van der Waals surface area contributed by atoms with Gasteiger partial charge in [-0.1, -0.05) is 0 Å². The van der Waals surface area contributed by atoms with Crippen molar-refractivity contribution in [3.05, 3.63) is 0 Å². The molecule has 2 bridgehead atoms. The fourth-order valence-corrected chi connectivity index (χ4v) is 2.44. The summed E-state index contributed by atoms with van der Waals surface area (Å²) < 4.78 is 0. The van der Waals surface area contributed by atoms with E-state index in [1.54, 1.807) is 0 Å². The highest BCUT2D eigenvalue weighted by Gasteiger charge is 2.42. The average molecular weight is 216 g/mol. The Bertz CT molecular complexity index is 293. The van der Waals surface area contributed by atoms with Crippen molar-refractivity contribution >= 4 is 28.7 Å². The number of nitrogens with one attached hydrogen (secondary N) is 1. The van der Waals surface area contributed by atoms with Gasteiger partial charge >= 0.3 is 0 Å². The van der Waals surface area contributed by atoms with Gasteiger partial charge in [0.15, 0.2) is 0 Å². The van der Waals surface area contributed by atoms with E-state index in [0.29, 0.717) is 19.3 Å². The first kappa shape index (κ1) is 9.65. The van der Waals surface area contributed by atoms with Gasteiger partial charge in [0, 0.05) is 17.8 Å². The zero-order chi connectivity index (χ0) is 10.3. The minimum Gasteiger partial charge on any atom is -0.296 e. The predicted octanol–water partition coefficient (Wildman–Crippen LogP) is 0.441. The fourth-order valence-electron chi connectivity index (χ4n) is 2.26. The van der Waals surface area contributed by atoms with E-state index in [4.69, 9.17) is 11.6 Å². The molecule has 0 aromatic rings. The molecule has 2 aliphatic rings. The molecule has 2 fully saturated rings. The highest BCUT2D eigenvalue weighted by Crippen LogP contribution is 2.37. The Morgan fingerprint density at radius 2 is 1.64 bits per heavy atom. The summed E-state index contributed by atoms with van der Waals surface area (Å²) in [6.45, 7) is 0. The number of imide groups is 1. The van der Waals surface area contributed by atoms with Crippen LogP contribution < -0.4 is 5.32 Å². The summed E-state index contributed by atoms with van der Waals surface area (Å²) in [5.74, 6) is -1.25. The standard InChI is InChI=1S/C9H10ClNO3/c10-7(12)4-1-5-3-6(2-4)9(14)11-8(5)13/h4-6H,1-3H2,(H,11,13,14). The van der Waals surface area contributed by atoms with Gasteiger partial charge in [0.05, 0.1) is 0 Å². The summed E-state index contributed by atoms with van der Waals surface area (Å²) in [7, 11) is 0. The molecule has 14 heavy (non-hydrogen) atoms. The number of amides is 2. The molecule has 1 N–H and O–H groups in total. The lowest BCUT2D eigenvalue weighted by atomic mass is 9.72. The molecule has 2 unspecified atom stereocenters. The second kappa shape index (κ2) is 3.35. The highest BCUT2D eigenvalue weighted by molar-refractivity contribution is 6.64. The molecule has 1 saturated heterocycles. The number of hydrogen-bond donors (Lipinski definition) is 1. The minimum atomic E-state index is -0.429. The van der Waals surface area contributed by atoms with Crippen LogP contribution >= 0.6 is 11.6 Å². The average Bonchev–Trinajstić information content (AvgIpc) is 2.15. The lowest BCUT2D eigenvalue weighted by Crippen LogP contribution is -2.50. The number of rotatable bonds is 1. The predicted molar refractivity (Wildman–Crippen MR) is 48.3 cm³/mol. The molecular weight excluding hydrogens is 206 g/mol. The summed E-state index contributed by atoms with van der Waals surface area (Å²) in [6, 6.07) is 0. The van der Waals surface area contributed by atoms with Gasteiger partial charge in [0.2, 0.25) is 17.1 Å². The molecule has 0 aromatic carbocycles. The van der Waals surface area contributed by atoms with Crippen LogP contribution in [0.3, 0.4) is 0 Å². The number of piperidine rings is 1. The smallest absolute Gasteiger partial charge is 0.229 e. The van der Waals surface area contributed by atoms with Gasteiger partial charge in [-0.15, -0.1) is 0 Å². The summed E-state index contributed by atoms with van der Waals surface area (Å²) in [5.41, 5.74) is 0. The SMILES string of the molecule is O=C(Cl)C1CC2CC(C1)C(=O)NC2=O. The van der Waals surface area contributed by atoms with Gasteiger partial charge in [-0.2, -0.15) is 0 Å². The van der Waals surface area contributed by atoms with Crippen LogP contribution in [0.1, 0.15) is 19.3 Å². The Morgan fingerprint density at radius 3 is 2.07 bits per heavy atom. The summed E-state index contributed by atoms with van der Waals surface area (Å²) in [6.07, 6.45) is 1.54. The van der Waals surface area contributed by atoms with Crippen LogP contribution in [0.25, 0.3) is 0 Å². The molecule has 2 rings (SSSR count). The van der Waals surface area contributed by atoms with E-state index in [9.17, 15) is 14.4 Å². The van der Waals surface area contributed by atoms with Crippen molar-refractivity contribution < 1.29 is 14.4 Å². The van der Waals surface area contributed by atoms with E-state index in [-0.39, 0.29) is 29.6 Å². The zero-order valence-corrected chi connectivity index (χ0v) is 8.21. The normalized spacial score (nSPS) is 36.5. The molecule has 1 heterocycles. The molecule has 2 amide bonds. The van der Waals surface area contributed by atoms with Crippen molar-refractivity contribution in [2.24, 2.45) is 17.8 Å². The van der Waals surface area contributed by atoms with E-state index in [1.807, 2.05) is 0 Å². The molecule has 0 spiro atoms. The number of hydrogen-bond acceptors (Lipinski definition) is 3. The third-order valence-electron chi connectivity index (χ3n) is 3.02. The molecule has 76 valence electrons. The second-order valence-electron chi connectivity index (χ2n) is 3.96. The highest BCUT2D eigenvalue weighted by atomic mass is 35.5. The van der Waals surface area contributed by atoms with Crippen LogP contribution in [-0.2, 0) is 14.4 Å². The lowest BCUT2D eigenvalue weighted by Gasteiger charge is -2.35. The molecule has 0 aromatic heterocycles. The van der Waals surface area contributed by atoms with Gasteiger partial charge in [-0.05, 0) is 30.9 Å². The van der Waals surface area contributed by atoms with Crippen LogP contribution in [0.5, 0.6) is 0 Å². The molecule has 1 saturated carbocycles. The first-order valence-corrected chi connectivity index (χ1v) is 4.99. The van der Waals surface area contributed by atoms with Crippen LogP contribution in [0, 0.1) is 17.8 Å². The van der Waals surface area contributed by atoms with Crippen LogP contribution in [-0.4, -0.2) is 17.1 Å². The largest absolute Gasteiger partial charge is 0.296 e. The zero-order valence-electron chi connectivity index (χ0n) is 7.46. The van der Waals surface area contributed by atoms with Crippen molar-refractivity contribution in [3.63, 3.8) is 0 Å². The van der Waals surface area contributed by atoms with Crippen molar-refractivity contribution in [1.82, 2.24) is 5.32 Å². The Kier molecular flexibility index (Phi) is 2.31. The molecule has 5 heteroatoms. The van der Waals surface area contributed by atoms with E-state index in [0.717, 1.165) is 0 Å². The first-order chi connectivity index (χ1) is 6.58. The summed E-state index contributed by atoms with van der Waals surface area (Å²) >= 11 is 5.38. The van der Waals surface area contributed by atoms with Crippen LogP contribution in [0.4, 0.5) is 0 Å². The van der Waals surface area contributed by atoms with Crippen molar-refractivity contribution in [1.29, 1.82) is 0 Å². The van der Waals surface area contributed by atoms with Gasteiger partial charge in [0.1, 0.15) is 0 Å². The third-order valence-corrected chi connectivity index (χ3v) is 3.32. The first-order valence-electron chi connectivity index (χ1n) is 4.62. The Hall–Kier alpha value is -0.900. The van der Waals surface area contributed by atoms with Gasteiger partial charge in [-0.25, -0.2) is 0 Å². The number of carbonyl (C=O) groups is 3. The Balaban J connectivity index is 2.17. The maximum Gasteiger partial charge on any atom is 0.229 e. The Labute approximate surface area is 86.0 Å². The van der Waals surface area contributed by atoms with Crippen molar-refractivity contribution in [3.8, 4) is 0 Å². The quantitative estimate of drug-likeness (QED) is 0.510. The topological polar surface area (TPSA) is 63.2 Å². The fraction of sp³-hybridized carbons (Fsp3) is 0.667. The maximum atomic E-state index is 11.3. The van der Waals surface area contributed by atoms with Crippen molar-refractivity contribution in [2.75, 3.05) is 0 Å². The molecule has 4 nitrogen and oxygen atoms in total. The lowest BCUT2D eigenvalue weighted by molar-refractivity contribution is -0.143. The molecular formula is C9H10ClNO3. The second-order valence-corrected chi connectivity index (χ2v) is 4.33. The summed E-state index contributed by atoms with van der Waals surface area (Å²) in [4.78, 5) is 33.6. The molecule has 2 atom stereocenters. The molecule has 0 radical (unpaired) electrons. The minimum absolute atomic E-state index is 0.209. The van der Waals surface area contributed by atoms with Gasteiger partial charge in [0.25, 0.3) is 0 Å². The Morgan fingerprint density at radius 1 is 1.14 bits per heavy atom. The third kappa shape index (κ3) is 1.54. The maximum absolute atomic E-state index is 11.3. The van der Waals surface area contributed by atoms with Crippen LogP contribution in [0.15, 0.2) is 0 Å². The van der Waals surface area contributed by atoms with E-state index < -0.39 is 5.24 Å². The number of carbonyl (C=O) groups excluding carboxylic acids is 3. The van der Waals surface area contributed by atoms with Crippen molar-refractivity contribution in [2.45, 2.75) is 19.3 Å². The molecule has 1 aliphatic heterocycles. The van der Waals surface area contributed by atoms with Gasteiger partial charge in [-0.3, -0.25) is 19.7 Å². The van der Waals surface area contributed by atoms with Crippen LogP contribution in [0.2, 0.25) is 0 Å². The molecule has 1 aliphatic carbocycles. The monoisotopic (exact) mass is 215 g/mol. The van der Waals surface area contributed by atoms with E-state index in [2.05, 4.69) is 5.32 Å². The van der Waals surface area contributed by atoms with E-state index >= 15 is 0 Å². The number of halogens is 1. The summed E-state index contributed by atoms with van der Waals surface area (Å²) in [5, 5.41) is 1.88.